The van der Waals surface area contributed by atoms with E-state index in [2.05, 4.69) is 10.9 Å². The van der Waals surface area contributed by atoms with E-state index in [0.29, 0.717) is 0 Å². The first-order valence-electron chi connectivity index (χ1n) is 7.58. The minimum Gasteiger partial charge on any atom is -0.353 e. The minimum absolute atomic E-state index is 0.0693. The van der Waals surface area contributed by atoms with Crippen LogP contribution in [0.25, 0.3) is 0 Å². The topological polar surface area (TPSA) is 64.1 Å². The number of aromatic nitrogens is 2. The van der Waals surface area contributed by atoms with Crippen molar-refractivity contribution >= 4 is 0 Å². The monoisotopic (exact) mass is 294 g/mol. The zero-order chi connectivity index (χ0) is 16.4. The molecule has 3 atom stereocenters. The smallest absolute Gasteiger partial charge is 0.330 e. The molecule has 1 aliphatic rings. The summed E-state index contributed by atoms with van der Waals surface area (Å²) in [5.41, 5.74) is -0.909. The Morgan fingerprint density at radius 3 is 2.48 bits per heavy atom. The zero-order valence-electron chi connectivity index (χ0n) is 13.6. The third-order valence-electron chi connectivity index (χ3n) is 2.99. The molecule has 1 aliphatic heterocycles. The van der Waals surface area contributed by atoms with E-state index in [0.717, 1.165) is 12.8 Å². The maximum Gasteiger partial charge on any atom is 0.330 e. The van der Waals surface area contributed by atoms with Crippen LogP contribution in [0.1, 0.15) is 53.7 Å². The van der Waals surface area contributed by atoms with E-state index in [4.69, 9.17) is 11.2 Å². The van der Waals surface area contributed by atoms with Gasteiger partial charge in [-0.3, -0.25) is 14.3 Å². The number of ether oxygens (including phenoxy) is 1. The largest absolute Gasteiger partial charge is 0.353 e. The van der Waals surface area contributed by atoms with Crippen LogP contribution < -0.4 is 11.2 Å². The van der Waals surface area contributed by atoms with Gasteiger partial charge in [0.1, 0.15) is 0 Å². The Kier molecular flexibility index (Phi) is 9.15. The number of hydrogen-bond donors (Lipinski definition) is 1. The molecule has 0 bridgehead atoms. The number of hydrogen-bond acceptors (Lipinski definition) is 3. The van der Waals surface area contributed by atoms with Gasteiger partial charge in [0.25, 0.3) is 5.56 Å². The summed E-state index contributed by atoms with van der Waals surface area (Å²) in [5.74, 6) is 2.51. The Morgan fingerprint density at radius 1 is 1.38 bits per heavy atom. The van der Waals surface area contributed by atoms with Crippen LogP contribution in [0.5, 0.6) is 0 Å². The molecule has 0 saturated carbocycles. The molecule has 3 unspecified atom stereocenters. The standard InChI is InChI=1S/C12H14N2O3.2C2H6/c1-3-8-7-9(4-2)17-11(8)14-6-5-10(15)13-12(14)16;2*1-2/h1,5-6,8-9,11H,4,7H2,2H3,(H,13,15,16);2*1-2H3. The van der Waals surface area contributed by atoms with Crippen molar-refractivity contribution in [2.24, 2.45) is 5.92 Å². The average Bonchev–Trinajstić information content (AvgIpc) is 2.94. The van der Waals surface area contributed by atoms with Crippen molar-refractivity contribution in [1.29, 1.82) is 0 Å². The highest BCUT2D eigenvalue weighted by atomic mass is 16.5. The van der Waals surface area contributed by atoms with Gasteiger partial charge in [-0.2, -0.15) is 0 Å². The van der Waals surface area contributed by atoms with Crippen molar-refractivity contribution in [3.8, 4) is 12.3 Å². The van der Waals surface area contributed by atoms with Crippen molar-refractivity contribution in [1.82, 2.24) is 9.55 Å². The van der Waals surface area contributed by atoms with Gasteiger partial charge in [-0.05, 0) is 12.8 Å². The summed E-state index contributed by atoms with van der Waals surface area (Å²) < 4.78 is 7.07. The van der Waals surface area contributed by atoms with Gasteiger partial charge < -0.3 is 4.74 Å². The second-order valence-corrected chi connectivity index (χ2v) is 4.08. The van der Waals surface area contributed by atoms with Gasteiger partial charge in [0.2, 0.25) is 0 Å². The van der Waals surface area contributed by atoms with Crippen molar-refractivity contribution < 1.29 is 4.74 Å². The van der Waals surface area contributed by atoms with Crippen molar-refractivity contribution in [3.05, 3.63) is 33.1 Å². The maximum atomic E-state index is 11.6. The Morgan fingerprint density at radius 2 is 2.00 bits per heavy atom. The highest BCUT2D eigenvalue weighted by Gasteiger charge is 2.34. The summed E-state index contributed by atoms with van der Waals surface area (Å²) in [5, 5.41) is 0. The molecule has 5 nitrogen and oxygen atoms in total. The normalized spacial score (nSPS) is 23.1. The predicted molar refractivity (Wildman–Crippen MR) is 85.2 cm³/mol. The molecule has 2 heterocycles. The highest BCUT2D eigenvalue weighted by Crippen LogP contribution is 2.33. The molecule has 0 spiro atoms. The van der Waals surface area contributed by atoms with Gasteiger partial charge in [-0.1, -0.05) is 40.5 Å². The lowest BCUT2D eigenvalue weighted by atomic mass is 10.0. The first kappa shape index (κ1) is 19.2. The molecule has 5 heteroatoms. The first-order valence-corrected chi connectivity index (χ1v) is 7.58. The molecule has 21 heavy (non-hydrogen) atoms. The Bertz CT molecular complexity index is 554. The number of nitrogens with zero attached hydrogens (tertiary/aromatic N) is 1. The molecular weight excluding hydrogens is 268 g/mol. The van der Waals surface area contributed by atoms with Crippen molar-refractivity contribution in [2.45, 2.75) is 59.8 Å². The minimum atomic E-state index is -0.487. The third kappa shape index (κ3) is 4.91. The van der Waals surface area contributed by atoms with Crippen LogP contribution in [0.15, 0.2) is 21.9 Å². The van der Waals surface area contributed by atoms with Gasteiger partial charge >= 0.3 is 5.69 Å². The molecule has 0 radical (unpaired) electrons. The van der Waals surface area contributed by atoms with E-state index in [9.17, 15) is 9.59 Å². The Hall–Kier alpha value is -1.80. The van der Waals surface area contributed by atoms with Gasteiger partial charge in [0.05, 0.1) is 12.0 Å². The van der Waals surface area contributed by atoms with E-state index in [-0.39, 0.29) is 12.0 Å². The maximum absolute atomic E-state index is 11.6. The predicted octanol–water partition coefficient (Wildman–Crippen LogP) is 2.54. The van der Waals surface area contributed by atoms with E-state index < -0.39 is 17.5 Å². The Labute approximate surface area is 126 Å². The molecular formula is C16H26N2O3. The van der Waals surface area contributed by atoms with Crippen LogP contribution in [0.4, 0.5) is 0 Å². The second kappa shape index (κ2) is 10.0. The van der Waals surface area contributed by atoms with Crippen LogP contribution in [0, 0.1) is 18.3 Å². The molecule has 1 N–H and O–H groups in total. The molecule has 1 aromatic rings. The third-order valence-corrected chi connectivity index (χ3v) is 2.99. The SMILES string of the molecule is C#CC1CC(CC)OC1n1ccc(=O)[nH]c1=O.CC.CC. The molecule has 0 amide bonds. The summed E-state index contributed by atoms with van der Waals surface area (Å²) in [6.45, 7) is 10.0. The van der Waals surface area contributed by atoms with E-state index in [1.54, 1.807) is 0 Å². The molecule has 1 saturated heterocycles. The van der Waals surface area contributed by atoms with Crippen LogP contribution in [-0.2, 0) is 4.74 Å². The lowest BCUT2D eigenvalue weighted by Crippen LogP contribution is -2.33. The number of nitrogens with one attached hydrogen (secondary N) is 1. The number of aromatic amines is 1. The van der Waals surface area contributed by atoms with Crippen LogP contribution in [0.3, 0.4) is 0 Å². The lowest BCUT2D eigenvalue weighted by Gasteiger charge is -2.16. The van der Waals surface area contributed by atoms with Gasteiger partial charge in [0.15, 0.2) is 6.23 Å². The second-order valence-electron chi connectivity index (χ2n) is 4.08. The Balaban J connectivity index is 0.000000921. The molecule has 0 aromatic carbocycles. The average molecular weight is 294 g/mol. The van der Waals surface area contributed by atoms with Gasteiger partial charge in [-0.25, -0.2) is 4.79 Å². The molecule has 1 aromatic heterocycles. The van der Waals surface area contributed by atoms with Crippen LogP contribution in [-0.4, -0.2) is 15.7 Å². The highest BCUT2D eigenvalue weighted by molar-refractivity contribution is 5.01. The summed E-state index contributed by atoms with van der Waals surface area (Å²) in [6, 6.07) is 1.29. The number of terminal acetylenes is 1. The number of H-pyrrole nitrogens is 1. The fourth-order valence-electron chi connectivity index (χ4n) is 2.05. The molecule has 0 aliphatic carbocycles. The zero-order valence-corrected chi connectivity index (χ0v) is 13.6. The van der Waals surface area contributed by atoms with Gasteiger partial charge in [0, 0.05) is 12.3 Å². The molecule has 118 valence electrons. The van der Waals surface area contributed by atoms with Crippen LogP contribution >= 0.6 is 0 Å². The molecule has 2 rings (SSSR count). The summed E-state index contributed by atoms with van der Waals surface area (Å²) in [4.78, 5) is 24.8. The molecule has 1 fully saturated rings. The summed E-state index contributed by atoms with van der Waals surface area (Å²) >= 11 is 0. The number of rotatable bonds is 2. The van der Waals surface area contributed by atoms with E-state index >= 15 is 0 Å². The summed E-state index contributed by atoms with van der Waals surface area (Å²) in [7, 11) is 0. The quantitative estimate of drug-likeness (QED) is 0.853. The van der Waals surface area contributed by atoms with Crippen LogP contribution in [0.2, 0.25) is 0 Å². The van der Waals surface area contributed by atoms with E-state index in [1.165, 1.54) is 16.8 Å². The lowest BCUT2D eigenvalue weighted by molar-refractivity contribution is -0.00979. The van der Waals surface area contributed by atoms with Gasteiger partial charge in [-0.15, -0.1) is 6.42 Å². The van der Waals surface area contributed by atoms with Crippen molar-refractivity contribution in [3.63, 3.8) is 0 Å². The summed E-state index contributed by atoms with van der Waals surface area (Å²) in [6.07, 6.45) is 8.05. The fraction of sp³-hybridized carbons (Fsp3) is 0.625. The van der Waals surface area contributed by atoms with Crippen molar-refractivity contribution in [2.75, 3.05) is 0 Å². The fourth-order valence-corrected chi connectivity index (χ4v) is 2.05. The first-order chi connectivity index (χ1) is 10.2. The van der Waals surface area contributed by atoms with E-state index in [1.807, 2.05) is 34.6 Å².